The van der Waals surface area contributed by atoms with Gasteiger partial charge >= 0.3 is 0 Å². The van der Waals surface area contributed by atoms with E-state index < -0.39 is 65.8 Å². The molecule has 0 saturated carbocycles. The minimum absolute atomic E-state index is 0.163. The van der Waals surface area contributed by atoms with Crippen molar-refractivity contribution in [2.75, 3.05) is 33.3 Å². The second kappa shape index (κ2) is 22.7. The quantitative estimate of drug-likeness (QED) is 0.0482. The molecule has 2 aliphatic heterocycles. The van der Waals surface area contributed by atoms with E-state index in [4.69, 9.17) is 22.0 Å². The average molecular weight is 792 g/mol. The van der Waals surface area contributed by atoms with Crippen LogP contribution in [-0.2, 0) is 35.2 Å². The van der Waals surface area contributed by atoms with Crippen molar-refractivity contribution >= 4 is 35.4 Å². The summed E-state index contributed by atoms with van der Waals surface area (Å²) in [5.74, 6) is -3.25. The van der Waals surface area contributed by atoms with Gasteiger partial charge in [0.1, 0.15) is 24.2 Å². The fraction of sp³-hybridized carbons (Fsp3) is 0.561. The summed E-state index contributed by atoms with van der Waals surface area (Å²) < 4.78 is 0. The lowest BCUT2D eigenvalue weighted by Crippen LogP contribution is -2.66. The number of hydrogen-bond donors (Lipinski definition) is 7. The number of β-lactam (4-membered cyclic amide) rings is 1. The summed E-state index contributed by atoms with van der Waals surface area (Å²) in [6.07, 6.45) is 6.50. The maximum Gasteiger partial charge on any atom is 0.270 e. The number of carbonyl (C=O) groups excluding carboxylic acids is 6. The molecule has 6 amide bonds. The Balaban J connectivity index is 1.38. The Labute approximate surface area is 335 Å². The van der Waals surface area contributed by atoms with Gasteiger partial charge in [-0.25, -0.2) is 5.06 Å². The van der Waals surface area contributed by atoms with Crippen LogP contribution in [-0.4, -0.2) is 109 Å². The van der Waals surface area contributed by atoms with Crippen molar-refractivity contribution in [2.45, 2.75) is 114 Å². The predicted octanol–water partition coefficient (Wildman–Crippen LogP) is 1.21. The summed E-state index contributed by atoms with van der Waals surface area (Å²) in [6.45, 7) is 3.51. The summed E-state index contributed by atoms with van der Waals surface area (Å²) in [4.78, 5) is 85.9. The van der Waals surface area contributed by atoms with Gasteiger partial charge in [-0.05, 0) is 99.7 Å². The predicted molar refractivity (Wildman–Crippen MR) is 216 cm³/mol. The third kappa shape index (κ3) is 12.8. The van der Waals surface area contributed by atoms with E-state index in [1.165, 1.54) is 17.6 Å². The maximum absolute atomic E-state index is 14.1. The van der Waals surface area contributed by atoms with Crippen LogP contribution in [0.5, 0.6) is 0 Å². The first-order valence-corrected chi connectivity index (χ1v) is 20.2. The number of hydrogen-bond acceptors (Lipinski definition) is 10. The summed E-state index contributed by atoms with van der Waals surface area (Å²) in [7, 11) is 1.35. The molecule has 0 bridgehead atoms. The van der Waals surface area contributed by atoms with Crippen molar-refractivity contribution in [1.29, 1.82) is 0 Å². The number of rotatable bonds is 23. The van der Waals surface area contributed by atoms with Crippen LogP contribution in [0.4, 0.5) is 0 Å². The Morgan fingerprint density at radius 1 is 0.807 bits per heavy atom. The van der Waals surface area contributed by atoms with E-state index in [1.807, 2.05) is 12.1 Å². The molecule has 16 heteroatoms. The van der Waals surface area contributed by atoms with E-state index in [-0.39, 0.29) is 19.5 Å². The largest absolute Gasteiger partial charge is 0.341 e. The number of unbranched alkanes of at least 4 members (excludes halogenated alkanes) is 4. The van der Waals surface area contributed by atoms with Crippen molar-refractivity contribution in [3.05, 3.63) is 59.7 Å². The first kappa shape index (κ1) is 44.8. The number of nitrogens with one attached hydrogen (secondary N) is 4. The van der Waals surface area contributed by atoms with Gasteiger partial charge in [-0.15, -0.1) is 0 Å². The van der Waals surface area contributed by atoms with Crippen LogP contribution < -0.4 is 38.5 Å². The van der Waals surface area contributed by atoms with E-state index in [9.17, 15) is 28.8 Å². The van der Waals surface area contributed by atoms with E-state index in [1.54, 1.807) is 12.1 Å². The van der Waals surface area contributed by atoms with E-state index in [0.29, 0.717) is 57.2 Å². The zero-order valence-corrected chi connectivity index (χ0v) is 33.3. The molecule has 16 nitrogen and oxygen atoms in total. The summed E-state index contributed by atoms with van der Waals surface area (Å²) in [6, 6.07) is 12.0. The minimum Gasteiger partial charge on any atom is -0.341 e. The van der Waals surface area contributed by atoms with Gasteiger partial charge < -0.3 is 43.4 Å². The molecule has 5 atom stereocenters. The van der Waals surface area contributed by atoms with Crippen LogP contribution in [0.2, 0.25) is 0 Å². The molecular weight excluding hydrogens is 731 g/mol. The summed E-state index contributed by atoms with van der Waals surface area (Å²) >= 11 is 0. The zero-order valence-electron chi connectivity index (χ0n) is 33.3. The number of nitrogens with zero attached hydrogens (tertiary/aromatic N) is 2. The minimum atomic E-state index is -1.54. The molecule has 2 aliphatic rings. The summed E-state index contributed by atoms with van der Waals surface area (Å²) in [5, 5.41) is 11.7. The molecule has 0 spiro atoms. The Morgan fingerprint density at radius 3 is 2.07 bits per heavy atom. The van der Waals surface area contributed by atoms with Crippen LogP contribution in [0.25, 0.3) is 11.1 Å². The third-order valence-electron chi connectivity index (χ3n) is 10.5. The van der Waals surface area contributed by atoms with Gasteiger partial charge in [0.05, 0.1) is 13.7 Å². The molecule has 4 rings (SSSR count). The number of aryl methyl sites for hydroxylation is 1. The third-order valence-corrected chi connectivity index (χ3v) is 10.5. The van der Waals surface area contributed by atoms with Gasteiger partial charge in [0.15, 0.2) is 6.17 Å². The number of hydroxylamine groups is 2. The molecular formula is C41H61N9O7. The average Bonchev–Trinajstić information content (AvgIpc) is 3.72. The van der Waals surface area contributed by atoms with Crippen molar-refractivity contribution in [3.8, 4) is 11.1 Å². The highest BCUT2D eigenvalue weighted by atomic mass is 16.7. The fourth-order valence-corrected chi connectivity index (χ4v) is 7.01. The van der Waals surface area contributed by atoms with Crippen molar-refractivity contribution in [1.82, 2.24) is 31.2 Å². The van der Waals surface area contributed by atoms with Gasteiger partial charge in [-0.3, -0.25) is 33.6 Å². The molecule has 0 unspecified atom stereocenters. The Kier molecular flexibility index (Phi) is 17.9. The SMILES string of the molecule is CCCCc1ccc(-c2ccc(C(=O)N[C@@H](CCCCCN)C(=O)N3CCC[C@H]3C(=O)N[C@@H](N)C(=O)N[C@@H](CCCCN)C(=O)N[C@@H]3CN(OC)C3=O)cc2)cc1. The van der Waals surface area contributed by atoms with Gasteiger partial charge in [-0.1, -0.05) is 62.6 Å². The van der Waals surface area contributed by atoms with Crippen LogP contribution >= 0.6 is 0 Å². The number of amides is 6. The Morgan fingerprint density at radius 2 is 1.44 bits per heavy atom. The number of carbonyl (C=O) groups is 6. The van der Waals surface area contributed by atoms with Crippen LogP contribution in [0, 0.1) is 0 Å². The molecule has 2 heterocycles. The Bertz CT molecular complexity index is 1660. The highest BCUT2D eigenvalue weighted by Crippen LogP contribution is 2.23. The lowest BCUT2D eigenvalue weighted by Gasteiger charge is -2.36. The first-order valence-electron chi connectivity index (χ1n) is 20.2. The maximum atomic E-state index is 14.1. The molecule has 0 aliphatic carbocycles. The van der Waals surface area contributed by atoms with Crippen molar-refractivity contribution in [3.63, 3.8) is 0 Å². The Hall–Kier alpha value is -4.90. The van der Waals surface area contributed by atoms with E-state index in [2.05, 4.69) is 52.5 Å². The number of likely N-dealkylation sites (tertiary alicyclic amines) is 1. The van der Waals surface area contributed by atoms with Gasteiger partial charge in [-0.2, -0.15) is 0 Å². The lowest BCUT2D eigenvalue weighted by molar-refractivity contribution is -0.203. The molecule has 57 heavy (non-hydrogen) atoms. The molecule has 0 aromatic heterocycles. The molecule has 2 aromatic carbocycles. The molecule has 2 saturated heterocycles. The van der Waals surface area contributed by atoms with Crippen LogP contribution in [0.1, 0.15) is 93.5 Å². The second-order valence-electron chi connectivity index (χ2n) is 14.7. The molecule has 10 N–H and O–H groups in total. The lowest BCUT2D eigenvalue weighted by atomic mass is 10.0. The molecule has 0 radical (unpaired) electrons. The molecule has 312 valence electrons. The monoisotopic (exact) mass is 791 g/mol. The molecule has 2 fully saturated rings. The smallest absolute Gasteiger partial charge is 0.270 e. The second-order valence-corrected chi connectivity index (χ2v) is 14.7. The van der Waals surface area contributed by atoms with Crippen molar-refractivity contribution < 1.29 is 33.6 Å². The highest BCUT2D eigenvalue weighted by molar-refractivity contribution is 5.99. The zero-order chi connectivity index (χ0) is 41.3. The van der Waals surface area contributed by atoms with Crippen molar-refractivity contribution in [2.24, 2.45) is 17.2 Å². The van der Waals surface area contributed by atoms with Gasteiger partial charge in [0.25, 0.3) is 17.7 Å². The molecule has 2 aromatic rings. The first-order chi connectivity index (χ1) is 27.5. The van der Waals surface area contributed by atoms with Crippen LogP contribution in [0.15, 0.2) is 48.5 Å². The summed E-state index contributed by atoms with van der Waals surface area (Å²) in [5.41, 5.74) is 21.1. The standard InChI is InChI=1S/C41H61N9O7/c1-3-4-11-27-15-17-28(18-16-27)29-19-21-30(22-20-29)36(51)46-32(13-6-5-8-23-42)40(55)49-25-10-14-34(49)38(53)48-35(44)39(54)45-31(12-7-9-24-43)37(52)47-33-26-50(57-2)41(33)56/h15-22,31-35H,3-14,23-26,42-44H2,1-2H3,(H,45,54)(H,46,51)(H,47,52)(H,48,53)/t31-,32-,33+,34-,35+/m0/s1. The van der Waals surface area contributed by atoms with E-state index in [0.717, 1.165) is 48.3 Å². The number of nitrogens with two attached hydrogens (primary N) is 3. The topological polar surface area (TPSA) is 244 Å². The van der Waals surface area contributed by atoms with E-state index >= 15 is 0 Å². The fourth-order valence-electron chi connectivity index (χ4n) is 7.01. The van der Waals surface area contributed by atoms with Gasteiger partial charge in [0, 0.05) is 12.1 Å². The normalized spacial score (nSPS) is 17.9. The highest BCUT2D eigenvalue weighted by Gasteiger charge is 2.41. The number of benzene rings is 2. The van der Waals surface area contributed by atoms with Gasteiger partial charge in [0.2, 0.25) is 17.7 Å². The van der Waals surface area contributed by atoms with Crippen LogP contribution in [0.3, 0.4) is 0 Å².